The molecule has 5 nitrogen and oxygen atoms in total. The molecule has 6 heteroatoms. The van der Waals surface area contributed by atoms with E-state index in [2.05, 4.69) is 25.3 Å². The van der Waals surface area contributed by atoms with E-state index in [0.29, 0.717) is 11.0 Å². The van der Waals surface area contributed by atoms with Gasteiger partial charge in [-0.2, -0.15) is 0 Å². The van der Waals surface area contributed by atoms with E-state index >= 15 is 0 Å². The number of hydrogen-bond donors (Lipinski definition) is 2. The number of fused-ring (bicyclic) bond motifs is 1. The van der Waals surface area contributed by atoms with Gasteiger partial charge in [0.25, 0.3) is 0 Å². The molecule has 0 aliphatic carbocycles. The molecule has 0 unspecified atom stereocenters. The number of aromatic nitrogens is 4. The number of pyridine rings is 1. The van der Waals surface area contributed by atoms with Gasteiger partial charge in [-0.05, 0) is 30.3 Å². The van der Waals surface area contributed by atoms with Gasteiger partial charge in [0.2, 0.25) is 5.95 Å². The zero-order valence-corrected chi connectivity index (χ0v) is 12.7. The van der Waals surface area contributed by atoms with Crippen molar-refractivity contribution in [1.29, 1.82) is 0 Å². The van der Waals surface area contributed by atoms with Crippen molar-refractivity contribution in [3.63, 3.8) is 0 Å². The highest BCUT2D eigenvalue weighted by molar-refractivity contribution is 6.30. The smallest absolute Gasteiger partial charge is 0.227 e. The van der Waals surface area contributed by atoms with Crippen LogP contribution in [0.2, 0.25) is 5.02 Å². The van der Waals surface area contributed by atoms with Crippen molar-refractivity contribution in [1.82, 2.24) is 19.9 Å². The van der Waals surface area contributed by atoms with Gasteiger partial charge >= 0.3 is 0 Å². The molecule has 3 aromatic heterocycles. The summed E-state index contributed by atoms with van der Waals surface area (Å²) in [5, 5.41) is 4.85. The molecule has 0 saturated heterocycles. The number of rotatable bonds is 3. The summed E-state index contributed by atoms with van der Waals surface area (Å²) in [4.78, 5) is 16.2. The third-order valence-corrected chi connectivity index (χ3v) is 3.73. The maximum atomic E-state index is 6.00. The Labute approximate surface area is 137 Å². The van der Waals surface area contributed by atoms with Crippen LogP contribution in [-0.4, -0.2) is 19.9 Å². The summed E-state index contributed by atoms with van der Waals surface area (Å²) in [5.74, 6) is 0.517. The van der Waals surface area contributed by atoms with Gasteiger partial charge in [0.1, 0.15) is 0 Å². The highest BCUT2D eigenvalue weighted by atomic mass is 35.5. The molecule has 0 aliphatic rings. The summed E-state index contributed by atoms with van der Waals surface area (Å²) in [6.45, 7) is 0. The molecule has 2 N–H and O–H groups in total. The van der Waals surface area contributed by atoms with Crippen LogP contribution in [0.1, 0.15) is 0 Å². The van der Waals surface area contributed by atoms with Crippen LogP contribution in [0.4, 0.5) is 11.6 Å². The van der Waals surface area contributed by atoms with Crippen LogP contribution >= 0.6 is 11.6 Å². The van der Waals surface area contributed by atoms with E-state index in [-0.39, 0.29) is 0 Å². The van der Waals surface area contributed by atoms with E-state index in [1.807, 2.05) is 48.8 Å². The lowest BCUT2D eigenvalue weighted by Crippen LogP contribution is -1.97. The number of nitrogens with zero attached hydrogens (tertiary/aromatic N) is 3. The molecule has 23 heavy (non-hydrogen) atoms. The second-order valence-electron chi connectivity index (χ2n) is 5.02. The Morgan fingerprint density at radius 3 is 2.96 bits per heavy atom. The van der Waals surface area contributed by atoms with Crippen LogP contribution < -0.4 is 5.32 Å². The van der Waals surface area contributed by atoms with Crippen LogP contribution in [-0.2, 0) is 0 Å². The second-order valence-corrected chi connectivity index (χ2v) is 5.46. The summed E-state index contributed by atoms with van der Waals surface area (Å²) >= 11 is 6.00. The highest BCUT2D eigenvalue weighted by Gasteiger charge is 2.08. The number of nitrogens with one attached hydrogen (secondary N) is 2. The molecule has 0 aliphatic heterocycles. The molecule has 0 radical (unpaired) electrons. The van der Waals surface area contributed by atoms with E-state index in [0.717, 1.165) is 27.8 Å². The molecule has 0 atom stereocenters. The molecule has 1 aromatic carbocycles. The number of hydrogen-bond acceptors (Lipinski definition) is 4. The van der Waals surface area contributed by atoms with Crippen LogP contribution in [0, 0.1) is 0 Å². The second kappa shape index (κ2) is 5.70. The Hall–Kier alpha value is -2.92. The topological polar surface area (TPSA) is 66.5 Å². The van der Waals surface area contributed by atoms with Crippen molar-refractivity contribution in [2.45, 2.75) is 0 Å². The van der Waals surface area contributed by atoms with Crippen molar-refractivity contribution < 1.29 is 0 Å². The lowest BCUT2D eigenvalue weighted by Gasteiger charge is -2.06. The molecule has 112 valence electrons. The minimum Gasteiger partial charge on any atom is -0.360 e. The Kier molecular flexibility index (Phi) is 3.40. The van der Waals surface area contributed by atoms with Crippen molar-refractivity contribution in [2.24, 2.45) is 0 Å². The SMILES string of the molecule is Clc1cccc(Nc2nccc(-c3c[nH]c4ccncc34)n2)c1. The van der Waals surface area contributed by atoms with E-state index < -0.39 is 0 Å². The van der Waals surface area contributed by atoms with Gasteiger partial charge in [-0.15, -0.1) is 0 Å². The average molecular weight is 322 g/mol. The third kappa shape index (κ3) is 2.74. The first kappa shape index (κ1) is 13.7. The summed E-state index contributed by atoms with van der Waals surface area (Å²) in [6, 6.07) is 11.2. The molecular weight excluding hydrogens is 310 g/mol. The maximum Gasteiger partial charge on any atom is 0.227 e. The number of aromatic amines is 1. The van der Waals surface area contributed by atoms with Crippen LogP contribution in [0.5, 0.6) is 0 Å². The fourth-order valence-electron chi connectivity index (χ4n) is 2.44. The molecular formula is C17H12ClN5. The van der Waals surface area contributed by atoms with Crippen molar-refractivity contribution >= 4 is 34.1 Å². The average Bonchev–Trinajstić information content (AvgIpc) is 2.99. The molecule has 0 fully saturated rings. The molecule has 4 aromatic rings. The summed E-state index contributed by atoms with van der Waals surface area (Å²) in [7, 11) is 0. The first-order chi connectivity index (χ1) is 11.3. The molecule has 4 rings (SSSR count). The molecule has 0 spiro atoms. The molecule has 0 amide bonds. The Bertz CT molecular complexity index is 979. The zero-order chi connectivity index (χ0) is 15.6. The van der Waals surface area contributed by atoms with Crippen LogP contribution in [0.15, 0.2) is 61.2 Å². The Morgan fingerprint density at radius 1 is 1.09 bits per heavy atom. The van der Waals surface area contributed by atoms with Gasteiger partial charge in [-0.25, -0.2) is 9.97 Å². The first-order valence-corrected chi connectivity index (χ1v) is 7.44. The summed E-state index contributed by atoms with van der Waals surface area (Å²) in [5.41, 5.74) is 3.68. The largest absolute Gasteiger partial charge is 0.360 e. The number of H-pyrrole nitrogens is 1. The van der Waals surface area contributed by atoms with Gasteiger partial charge in [0.15, 0.2) is 0 Å². The lowest BCUT2D eigenvalue weighted by molar-refractivity contribution is 1.17. The quantitative estimate of drug-likeness (QED) is 0.586. The Morgan fingerprint density at radius 2 is 2.04 bits per heavy atom. The van der Waals surface area contributed by atoms with Gasteiger partial charge < -0.3 is 10.3 Å². The van der Waals surface area contributed by atoms with Crippen molar-refractivity contribution in [3.8, 4) is 11.3 Å². The van der Waals surface area contributed by atoms with Gasteiger partial charge in [0.05, 0.1) is 5.69 Å². The van der Waals surface area contributed by atoms with Crippen LogP contribution in [0.3, 0.4) is 0 Å². The molecule has 3 heterocycles. The molecule has 0 saturated carbocycles. The highest BCUT2D eigenvalue weighted by Crippen LogP contribution is 2.27. The van der Waals surface area contributed by atoms with Crippen LogP contribution in [0.25, 0.3) is 22.2 Å². The van der Waals surface area contributed by atoms with E-state index in [1.165, 1.54) is 0 Å². The van der Waals surface area contributed by atoms with Gasteiger partial charge in [-0.1, -0.05) is 17.7 Å². The minimum absolute atomic E-state index is 0.517. The predicted octanol–water partition coefficient (Wildman–Crippen LogP) is 4.42. The number of halogens is 1. The standard InChI is InChI=1S/C17H12ClN5/c18-11-2-1-3-12(8-11)22-17-20-7-5-16(23-17)14-10-21-15-4-6-19-9-13(14)15/h1-10,21H,(H,20,22,23). The zero-order valence-electron chi connectivity index (χ0n) is 12.0. The van der Waals surface area contributed by atoms with Gasteiger partial charge in [0, 0.05) is 52.0 Å². The van der Waals surface area contributed by atoms with Gasteiger partial charge in [-0.3, -0.25) is 4.98 Å². The fraction of sp³-hybridized carbons (Fsp3) is 0. The van der Waals surface area contributed by atoms with Crippen molar-refractivity contribution in [2.75, 3.05) is 5.32 Å². The summed E-state index contributed by atoms with van der Waals surface area (Å²) in [6.07, 6.45) is 7.24. The minimum atomic E-state index is 0.517. The monoisotopic (exact) mass is 321 g/mol. The fourth-order valence-corrected chi connectivity index (χ4v) is 2.63. The normalized spacial score (nSPS) is 10.8. The third-order valence-electron chi connectivity index (χ3n) is 3.50. The number of anilines is 2. The van der Waals surface area contributed by atoms with E-state index in [4.69, 9.17) is 11.6 Å². The first-order valence-electron chi connectivity index (χ1n) is 7.07. The summed E-state index contributed by atoms with van der Waals surface area (Å²) < 4.78 is 0. The number of benzene rings is 1. The van der Waals surface area contributed by atoms with E-state index in [1.54, 1.807) is 12.4 Å². The van der Waals surface area contributed by atoms with E-state index in [9.17, 15) is 0 Å². The predicted molar refractivity (Wildman–Crippen MR) is 91.9 cm³/mol. The lowest BCUT2D eigenvalue weighted by atomic mass is 10.1. The maximum absolute atomic E-state index is 6.00. The Balaban J connectivity index is 1.71. The van der Waals surface area contributed by atoms with Crippen molar-refractivity contribution in [3.05, 3.63) is 66.2 Å². The molecule has 0 bridgehead atoms.